The van der Waals surface area contributed by atoms with Gasteiger partial charge in [-0.25, -0.2) is 4.39 Å². The molecule has 22 heavy (non-hydrogen) atoms. The number of hydrogen-bond acceptors (Lipinski definition) is 5. The van der Waals surface area contributed by atoms with E-state index in [1.165, 1.54) is 24.3 Å². The van der Waals surface area contributed by atoms with Crippen molar-refractivity contribution in [3.8, 4) is 23.0 Å². The van der Waals surface area contributed by atoms with Crippen LogP contribution in [0.15, 0.2) is 36.1 Å². The number of carbonyl (C=O) groups is 1. The molecular formula is C16H11FO5. The summed E-state index contributed by atoms with van der Waals surface area (Å²) >= 11 is 0. The molecule has 0 unspecified atom stereocenters. The van der Waals surface area contributed by atoms with Crippen LogP contribution in [-0.2, 0) is 0 Å². The predicted molar refractivity (Wildman–Crippen MR) is 75.4 cm³/mol. The van der Waals surface area contributed by atoms with Crippen molar-refractivity contribution in [2.24, 2.45) is 0 Å². The van der Waals surface area contributed by atoms with Crippen LogP contribution in [0.25, 0.3) is 5.57 Å². The third kappa shape index (κ3) is 1.96. The Hall–Kier alpha value is -3.02. The van der Waals surface area contributed by atoms with Crippen LogP contribution in [0.5, 0.6) is 23.0 Å². The summed E-state index contributed by atoms with van der Waals surface area (Å²) in [6.07, 6.45) is 0. The lowest BCUT2D eigenvalue weighted by Gasteiger charge is -2.07. The number of ketones is 1. The number of aromatic hydroxyl groups is 3. The number of carbonyl (C=O) groups excluding carboxylic acids is 1. The molecule has 2 aromatic rings. The maximum atomic E-state index is 13.4. The fraction of sp³-hybridized carbons (Fsp3) is 0.0625. The highest BCUT2D eigenvalue weighted by molar-refractivity contribution is 6.16. The van der Waals surface area contributed by atoms with Gasteiger partial charge in [-0.2, -0.15) is 0 Å². The molecule has 6 heteroatoms. The molecular weight excluding hydrogens is 291 g/mol. The van der Waals surface area contributed by atoms with E-state index in [4.69, 9.17) is 4.74 Å². The topological polar surface area (TPSA) is 87.0 Å². The van der Waals surface area contributed by atoms with Crippen molar-refractivity contribution in [2.75, 3.05) is 0 Å². The van der Waals surface area contributed by atoms with Gasteiger partial charge in [0, 0.05) is 5.57 Å². The third-order valence-electron chi connectivity index (χ3n) is 3.49. The van der Waals surface area contributed by atoms with Crippen LogP contribution in [0.2, 0.25) is 0 Å². The van der Waals surface area contributed by atoms with E-state index in [1.54, 1.807) is 6.92 Å². The van der Waals surface area contributed by atoms with Gasteiger partial charge in [0.05, 0.1) is 5.56 Å². The molecule has 0 saturated carbocycles. The van der Waals surface area contributed by atoms with Gasteiger partial charge >= 0.3 is 0 Å². The molecule has 0 spiro atoms. The highest BCUT2D eigenvalue weighted by Crippen LogP contribution is 2.45. The van der Waals surface area contributed by atoms with Crippen molar-refractivity contribution in [1.82, 2.24) is 0 Å². The molecule has 3 N–H and O–H groups in total. The number of Topliss-reactive ketones (excluding diaryl/α,β-unsaturated/α-hetero) is 1. The zero-order chi connectivity index (χ0) is 16.0. The normalized spacial score (nSPS) is 15.5. The standard InChI is InChI=1S/C16H11FO5/c1-7(8-2-4-11(18)10(17)6-8)15-13(20)9-3-5-12(19)14(21)16(9)22-15/h2-6,18-19,21H,1H3/b15-7+. The number of fused-ring (bicyclic) bond motifs is 1. The Morgan fingerprint density at radius 3 is 2.45 bits per heavy atom. The van der Waals surface area contributed by atoms with Gasteiger partial charge in [-0.3, -0.25) is 4.79 Å². The van der Waals surface area contributed by atoms with Gasteiger partial charge in [0.25, 0.3) is 0 Å². The predicted octanol–water partition coefficient (Wildman–Crippen LogP) is 2.95. The molecule has 0 saturated heterocycles. The Kier molecular flexibility index (Phi) is 3.02. The van der Waals surface area contributed by atoms with E-state index in [2.05, 4.69) is 0 Å². The molecule has 112 valence electrons. The minimum Gasteiger partial charge on any atom is -0.505 e. The number of ether oxygens (including phenoxy) is 1. The number of halogens is 1. The van der Waals surface area contributed by atoms with Gasteiger partial charge in [-0.05, 0) is 36.8 Å². The van der Waals surface area contributed by atoms with Crippen molar-refractivity contribution in [3.05, 3.63) is 53.0 Å². The summed E-state index contributed by atoms with van der Waals surface area (Å²) < 4.78 is 18.8. The van der Waals surface area contributed by atoms with Crippen LogP contribution in [0.4, 0.5) is 4.39 Å². The first kappa shape index (κ1) is 13.9. The lowest BCUT2D eigenvalue weighted by Crippen LogP contribution is -2.02. The lowest BCUT2D eigenvalue weighted by atomic mass is 10.0. The molecule has 0 amide bonds. The molecule has 2 aromatic carbocycles. The third-order valence-corrected chi connectivity index (χ3v) is 3.49. The van der Waals surface area contributed by atoms with E-state index in [9.17, 15) is 24.5 Å². The van der Waals surface area contributed by atoms with Crippen LogP contribution in [0, 0.1) is 5.82 Å². The molecule has 0 atom stereocenters. The average Bonchev–Trinajstić information content (AvgIpc) is 2.83. The number of rotatable bonds is 1. The van der Waals surface area contributed by atoms with E-state index < -0.39 is 28.8 Å². The summed E-state index contributed by atoms with van der Waals surface area (Å²) in [6.45, 7) is 1.56. The van der Waals surface area contributed by atoms with Gasteiger partial charge in [0.15, 0.2) is 28.8 Å². The smallest absolute Gasteiger partial charge is 0.232 e. The van der Waals surface area contributed by atoms with Gasteiger partial charge in [-0.1, -0.05) is 6.07 Å². The number of allylic oxidation sites excluding steroid dienone is 2. The number of phenolic OH excluding ortho intramolecular Hbond substituents is 3. The van der Waals surface area contributed by atoms with Crippen molar-refractivity contribution in [3.63, 3.8) is 0 Å². The molecule has 0 radical (unpaired) electrons. The Bertz CT molecular complexity index is 839. The van der Waals surface area contributed by atoms with Gasteiger partial charge in [0.1, 0.15) is 0 Å². The van der Waals surface area contributed by atoms with Gasteiger partial charge < -0.3 is 20.1 Å². The summed E-state index contributed by atoms with van der Waals surface area (Å²) in [4.78, 5) is 12.3. The second-order valence-corrected chi connectivity index (χ2v) is 4.86. The molecule has 0 aromatic heterocycles. The average molecular weight is 302 g/mol. The highest BCUT2D eigenvalue weighted by atomic mass is 19.1. The van der Waals surface area contributed by atoms with Crippen molar-refractivity contribution in [2.45, 2.75) is 6.92 Å². The van der Waals surface area contributed by atoms with Crippen LogP contribution in [0.3, 0.4) is 0 Å². The fourth-order valence-corrected chi connectivity index (χ4v) is 2.23. The number of phenols is 3. The van der Waals surface area contributed by atoms with Crippen LogP contribution in [-0.4, -0.2) is 21.1 Å². The van der Waals surface area contributed by atoms with Crippen molar-refractivity contribution < 1.29 is 29.2 Å². The van der Waals surface area contributed by atoms with Crippen LogP contribution >= 0.6 is 0 Å². The van der Waals surface area contributed by atoms with Crippen LogP contribution < -0.4 is 4.74 Å². The largest absolute Gasteiger partial charge is 0.505 e. The summed E-state index contributed by atoms with van der Waals surface area (Å²) in [7, 11) is 0. The quantitative estimate of drug-likeness (QED) is 0.557. The first-order valence-electron chi connectivity index (χ1n) is 6.37. The summed E-state index contributed by atoms with van der Waals surface area (Å²) in [5, 5.41) is 28.4. The minimum atomic E-state index is -0.819. The monoisotopic (exact) mass is 302 g/mol. The molecule has 0 bridgehead atoms. The van der Waals surface area contributed by atoms with E-state index in [0.29, 0.717) is 11.1 Å². The Morgan fingerprint density at radius 1 is 1.09 bits per heavy atom. The Balaban J connectivity index is 2.11. The molecule has 0 fully saturated rings. The minimum absolute atomic E-state index is 0.0685. The van der Waals surface area contributed by atoms with Gasteiger partial charge in [0.2, 0.25) is 11.5 Å². The number of benzene rings is 2. The summed E-state index contributed by atoms with van der Waals surface area (Å²) in [5.74, 6) is -2.91. The van der Waals surface area contributed by atoms with E-state index >= 15 is 0 Å². The maximum absolute atomic E-state index is 13.4. The van der Waals surface area contributed by atoms with Crippen LogP contribution in [0.1, 0.15) is 22.8 Å². The zero-order valence-corrected chi connectivity index (χ0v) is 11.4. The fourth-order valence-electron chi connectivity index (χ4n) is 2.23. The second-order valence-electron chi connectivity index (χ2n) is 4.86. The second kappa shape index (κ2) is 4.77. The molecule has 3 rings (SSSR count). The Morgan fingerprint density at radius 2 is 1.77 bits per heavy atom. The first-order chi connectivity index (χ1) is 10.4. The SMILES string of the molecule is C/C(=C1\Oc2c(ccc(O)c2O)C1=O)c1ccc(O)c(F)c1. The van der Waals surface area contributed by atoms with E-state index in [-0.39, 0.29) is 17.1 Å². The van der Waals surface area contributed by atoms with Crippen molar-refractivity contribution in [1.29, 1.82) is 0 Å². The first-order valence-corrected chi connectivity index (χ1v) is 6.37. The lowest BCUT2D eigenvalue weighted by molar-refractivity contribution is 0.101. The summed E-state index contributed by atoms with van der Waals surface area (Å²) in [6, 6.07) is 6.22. The molecule has 1 aliphatic heterocycles. The van der Waals surface area contributed by atoms with Gasteiger partial charge in [-0.15, -0.1) is 0 Å². The molecule has 0 aliphatic carbocycles. The zero-order valence-electron chi connectivity index (χ0n) is 11.4. The number of hydrogen-bond donors (Lipinski definition) is 3. The van der Waals surface area contributed by atoms with E-state index in [0.717, 1.165) is 6.07 Å². The molecule has 5 nitrogen and oxygen atoms in total. The molecule has 1 heterocycles. The summed E-state index contributed by atoms with van der Waals surface area (Å²) in [5.41, 5.74) is 0.818. The highest BCUT2D eigenvalue weighted by Gasteiger charge is 2.33. The maximum Gasteiger partial charge on any atom is 0.232 e. The van der Waals surface area contributed by atoms with Crippen molar-refractivity contribution >= 4 is 11.4 Å². The molecule has 1 aliphatic rings. The Labute approximate surface area is 124 Å². The van der Waals surface area contributed by atoms with E-state index in [1.807, 2.05) is 0 Å².